The average molecular weight is 280 g/mol. The van der Waals surface area contributed by atoms with E-state index in [9.17, 15) is 0 Å². The number of methoxy groups -OCH3 is 1. The minimum atomic E-state index is 0.569. The van der Waals surface area contributed by atoms with Gasteiger partial charge in [0.2, 0.25) is 0 Å². The lowest BCUT2D eigenvalue weighted by Crippen LogP contribution is -2.52. The van der Waals surface area contributed by atoms with E-state index in [-0.39, 0.29) is 0 Å². The van der Waals surface area contributed by atoms with Gasteiger partial charge in [-0.2, -0.15) is 0 Å². The van der Waals surface area contributed by atoms with Crippen LogP contribution in [0.4, 0.5) is 0 Å². The Hall–Kier alpha value is -0.120. The molecule has 3 heteroatoms. The molecule has 0 aromatic heterocycles. The van der Waals surface area contributed by atoms with E-state index in [1.165, 1.54) is 25.8 Å². The number of nitrogens with one attached hydrogen (secondary N) is 2. The van der Waals surface area contributed by atoms with E-state index in [0.717, 1.165) is 37.5 Å². The Bertz CT molecular complexity index is 283. The van der Waals surface area contributed by atoms with Crippen LogP contribution in [0.1, 0.15) is 45.4 Å². The van der Waals surface area contributed by atoms with Crippen molar-refractivity contribution >= 4 is 0 Å². The maximum absolute atomic E-state index is 5.07. The third-order valence-corrected chi connectivity index (χ3v) is 5.92. The lowest BCUT2D eigenvalue weighted by Gasteiger charge is -2.57. The first-order valence-corrected chi connectivity index (χ1v) is 8.62. The first kappa shape index (κ1) is 14.8. The quantitative estimate of drug-likeness (QED) is 0.670. The maximum Gasteiger partial charge on any atom is 0.0587 e. The molecule has 4 aliphatic carbocycles. The van der Waals surface area contributed by atoms with Crippen molar-refractivity contribution in [1.29, 1.82) is 0 Å². The van der Waals surface area contributed by atoms with Crippen molar-refractivity contribution in [2.75, 3.05) is 33.4 Å². The van der Waals surface area contributed by atoms with E-state index in [4.69, 9.17) is 4.74 Å². The van der Waals surface area contributed by atoms with Crippen LogP contribution in [0.25, 0.3) is 0 Å². The summed E-state index contributed by atoms with van der Waals surface area (Å²) in [4.78, 5) is 0. The van der Waals surface area contributed by atoms with Crippen LogP contribution in [-0.2, 0) is 4.74 Å². The van der Waals surface area contributed by atoms with Gasteiger partial charge in [-0.3, -0.25) is 0 Å². The molecule has 0 aromatic carbocycles. The lowest BCUT2D eigenvalue weighted by atomic mass is 9.49. The highest BCUT2D eigenvalue weighted by molar-refractivity contribution is 5.02. The molecule has 0 heterocycles. The molecule has 1 atom stereocenters. The fourth-order valence-corrected chi connectivity index (χ4v) is 5.46. The molecule has 4 saturated carbocycles. The molecule has 20 heavy (non-hydrogen) atoms. The first-order valence-electron chi connectivity index (χ1n) is 8.62. The smallest absolute Gasteiger partial charge is 0.0587 e. The van der Waals surface area contributed by atoms with Crippen LogP contribution in [0.5, 0.6) is 0 Å². The number of hydrogen-bond acceptors (Lipinski definition) is 3. The van der Waals surface area contributed by atoms with Gasteiger partial charge in [-0.1, -0.05) is 0 Å². The molecule has 0 radical (unpaired) electrons. The molecule has 0 spiro atoms. The Kier molecular flexibility index (Phi) is 4.68. The third-order valence-electron chi connectivity index (χ3n) is 5.92. The Morgan fingerprint density at radius 3 is 2.25 bits per heavy atom. The topological polar surface area (TPSA) is 33.3 Å². The van der Waals surface area contributed by atoms with Crippen molar-refractivity contribution in [3.8, 4) is 0 Å². The second-order valence-corrected chi connectivity index (χ2v) is 7.90. The van der Waals surface area contributed by atoms with Gasteiger partial charge in [-0.25, -0.2) is 0 Å². The molecule has 4 aliphatic rings. The van der Waals surface area contributed by atoms with Crippen molar-refractivity contribution in [3.63, 3.8) is 0 Å². The van der Waals surface area contributed by atoms with Crippen molar-refractivity contribution in [2.24, 2.45) is 23.2 Å². The second-order valence-electron chi connectivity index (χ2n) is 7.90. The highest BCUT2D eigenvalue weighted by Gasteiger charge is 2.50. The van der Waals surface area contributed by atoms with Crippen LogP contribution in [-0.4, -0.2) is 39.4 Å². The highest BCUT2D eigenvalue weighted by Crippen LogP contribution is 2.59. The zero-order valence-corrected chi connectivity index (χ0v) is 13.3. The van der Waals surface area contributed by atoms with Crippen LogP contribution in [0.3, 0.4) is 0 Å². The van der Waals surface area contributed by atoms with Crippen molar-refractivity contribution in [1.82, 2.24) is 10.6 Å². The normalized spacial score (nSPS) is 40.2. The molecule has 4 rings (SSSR count). The first-order chi connectivity index (χ1) is 9.69. The fourth-order valence-electron chi connectivity index (χ4n) is 5.46. The molecule has 0 amide bonds. The largest absolute Gasteiger partial charge is 0.383 e. The summed E-state index contributed by atoms with van der Waals surface area (Å²) in [5, 5.41) is 7.27. The summed E-state index contributed by atoms with van der Waals surface area (Å²) in [7, 11) is 1.76. The monoisotopic (exact) mass is 280 g/mol. The Morgan fingerprint density at radius 1 is 1.10 bits per heavy atom. The van der Waals surface area contributed by atoms with Crippen LogP contribution >= 0.6 is 0 Å². The van der Waals surface area contributed by atoms with Gasteiger partial charge < -0.3 is 15.4 Å². The van der Waals surface area contributed by atoms with Crippen LogP contribution in [0.2, 0.25) is 0 Å². The van der Waals surface area contributed by atoms with E-state index in [1.54, 1.807) is 26.4 Å². The molecule has 116 valence electrons. The van der Waals surface area contributed by atoms with Crippen LogP contribution in [0.15, 0.2) is 0 Å². The van der Waals surface area contributed by atoms with E-state index >= 15 is 0 Å². The minimum Gasteiger partial charge on any atom is -0.383 e. The Morgan fingerprint density at radius 2 is 1.70 bits per heavy atom. The summed E-state index contributed by atoms with van der Waals surface area (Å²) in [5.74, 6) is 3.20. The fraction of sp³-hybridized carbons (Fsp3) is 1.00. The molecule has 4 bridgehead atoms. The summed E-state index contributed by atoms with van der Waals surface area (Å²) >= 11 is 0. The molecule has 3 nitrogen and oxygen atoms in total. The zero-order valence-electron chi connectivity index (χ0n) is 13.3. The summed E-state index contributed by atoms with van der Waals surface area (Å²) < 4.78 is 5.07. The second kappa shape index (κ2) is 6.33. The van der Waals surface area contributed by atoms with Gasteiger partial charge in [-0.15, -0.1) is 0 Å². The van der Waals surface area contributed by atoms with Crippen molar-refractivity contribution in [3.05, 3.63) is 0 Å². The molecular formula is C17H32N2O. The Balaban J connectivity index is 1.41. The average Bonchev–Trinajstić information content (AvgIpc) is 2.40. The molecule has 4 fully saturated rings. The summed E-state index contributed by atoms with van der Waals surface area (Å²) in [6.07, 6.45) is 9.18. The maximum atomic E-state index is 5.07. The number of rotatable bonds is 8. The van der Waals surface area contributed by atoms with Crippen LogP contribution < -0.4 is 10.6 Å². The van der Waals surface area contributed by atoms with E-state index < -0.39 is 0 Å². The van der Waals surface area contributed by atoms with Gasteiger partial charge in [0.25, 0.3) is 0 Å². The van der Waals surface area contributed by atoms with Gasteiger partial charge in [0.1, 0.15) is 0 Å². The van der Waals surface area contributed by atoms with E-state index in [2.05, 4.69) is 17.6 Å². The van der Waals surface area contributed by atoms with Gasteiger partial charge in [0.05, 0.1) is 6.61 Å². The summed E-state index contributed by atoms with van der Waals surface area (Å²) in [6.45, 7) is 6.38. The van der Waals surface area contributed by atoms with E-state index in [1.807, 2.05) is 0 Å². The van der Waals surface area contributed by atoms with Gasteiger partial charge >= 0.3 is 0 Å². The summed E-state index contributed by atoms with van der Waals surface area (Å²) in [6, 6.07) is 0.569. The minimum absolute atomic E-state index is 0.569. The summed E-state index contributed by atoms with van der Waals surface area (Å²) in [5.41, 5.74) is 0.662. The highest BCUT2D eigenvalue weighted by atomic mass is 16.5. The van der Waals surface area contributed by atoms with Crippen molar-refractivity contribution < 1.29 is 4.74 Å². The zero-order chi connectivity index (χ0) is 14.0. The standard InChI is InChI=1S/C17H32N2O/c1-13(11-18-3-4-20-2)19-12-17-8-14-5-15(9-17)7-16(6-14)10-17/h13-16,18-19H,3-12H2,1-2H3. The molecule has 0 saturated heterocycles. The predicted octanol–water partition coefficient (Wildman–Crippen LogP) is 2.42. The number of hydrogen-bond donors (Lipinski definition) is 2. The van der Waals surface area contributed by atoms with Crippen LogP contribution in [0, 0.1) is 23.2 Å². The third kappa shape index (κ3) is 3.37. The van der Waals surface area contributed by atoms with Gasteiger partial charge in [0.15, 0.2) is 0 Å². The van der Waals surface area contributed by atoms with Crippen molar-refractivity contribution in [2.45, 2.75) is 51.5 Å². The molecule has 0 aromatic rings. The SMILES string of the molecule is COCCNCC(C)NCC12CC3CC(CC(C3)C1)C2. The number of ether oxygens (including phenoxy) is 1. The lowest BCUT2D eigenvalue weighted by molar-refractivity contribution is -0.0522. The predicted molar refractivity (Wildman–Crippen MR) is 82.8 cm³/mol. The van der Waals surface area contributed by atoms with Gasteiger partial charge in [-0.05, 0) is 68.6 Å². The molecule has 0 aliphatic heterocycles. The Labute approximate surface area is 124 Å². The van der Waals surface area contributed by atoms with Gasteiger partial charge in [0, 0.05) is 32.8 Å². The van der Waals surface area contributed by atoms with E-state index in [0.29, 0.717) is 11.5 Å². The molecule has 2 N–H and O–H groups in total. The molecular weight excluding hydrogens is 248 g/mol. The molecule has 1 unspecified atom stereocenters.